The monoisotopic (exact) mass is 369 g/mol. The van der Waals surface area contributed by atoms with Crippen LogP contribution < -0.4 is 5.32 Å². The first kappa shape index (κ1) is 16.1. The van der Waals surface area contributed by atoms with E-state index in [4.69, 9.17) is 11.6 Å². The number of rotatable bonds is 2. The van der Waals surface area contributed by atoms with Gasteiger partial charge in [-0.1, -0.05) is 78.3 Å². The van der Waals surface area contributed by atoms with Crippen molar-refractivity contribution in [3.8, 4) is 0 Å². The van der Waals surface area contributed by atoms with Crippen molar-refractivity contribution in [2.24, 2.45) is 0 Å². The molecule has 0 unspecified atom stereocenters. The molecule has 1 N–H and O–H groups in total. The summed E-state index contributed by atoms with van der Waals surface area (Å²) >= 11 is 6.13. The van der Waals surface area contributed by atoms with Gasteiger partial charge in [0, 0.05) is 10.6 Å². The molecule has 0 bridgehead atoms. The Bertz CT molecular complexity index is 1180. The van der Waals surface area contributed by atoms with E-state index in [2.05, 4.69) is 35.6 Å². The number of carbonyl (C=O) groups is 1. The highest BCUT2D eigenvalue weighted by Gasteiger charge is 2.45. The lowest BCUT2D eigenvalue weighted by molar-refractivity contribution is 0.0948. The average molecular weight is 370 g/mol. The molecule has 4 aromatic rings. The predicted octanol–water partition coefficient (Wildman–Crippen LogP) is 5.53. The van der Waals surface area contributed by atoms with E-state index < -0.39 is 5.54 Å². The topological polar surface area (TPSA) is 29.1 Å². The van der Waals surface area contributed by atoms with E-state index in [-0.39, 0.29) is 5.91 Å². The van der Waals surface area contributed by atoms with Gasteiger partial charge < -0.3 is 5.32 Å². The molecule has 1 aliphatic heterocycles. The standard InChI is InChI=1S/C24H16ClNO/c25-20-13-11-18(12-14-20)24(22-8-4-3-7-21(22)23(27)26-24)19-10-9-16-5-1-2-6-17(16)15-19/h1-15H,(H,26,27)/t24-/m1/s1. The minimum Gasteiger partial charge on any atom is -0.334 e. The molecule has 1 amide bonds. The van der Waals surface area contributed by atoms with E-state index in [1.54, 1.807) is 0 Å². The fourth-order valence-electron chi connectivity index (χ4n) is 4.06. The highest BCUT2D eigenvalue weighted by molar-refractivity contribution is 6.30. The number of hydrogen-bond donors (Lipinski definition) is 1. The van der Waals surface area contributed by atoms with E-state index in [9.17, 15) is 4.79 Å². The zero-order chi connectivity index (χ0) is 18.4. The van der Waals surface area contributed by atoms with Crippen molar-refractivity contribution in [3.63, 3.8) is 0 Å². The Morgan fingerprint density at radius 3 is 2.19 bits per heavy atom. The summed E-state index contributed by atoms with van der Waals surface area (Å²) in [5, 5.41) is 6.25. The van der Waals surface area contributed by atoms with Gasteiger partial charge in [-0.2, -0.15) is 0 Å². The highest BCUT2D eigenvalue weighted by Crippen LogP contribution is 2.43. The number of hydrogen-bond acceptors (Lipinski definition) is 1. The van der Waals surface area contributed by atoms with Crippen LogP contribution in [0.25, 0.3) is 10.8 Å². The second-order valence-corrected chi connectivity index (χ2v) is 7.25. The smallest absolute Gasteiger partial charge is 0.252 e. The molecule has 1 aliphatic rings. The normalized spacial score (nSPS) is 18.3. The van der Waals surface area contributed by atoms with Gasteiger partial charge in [0.2, 0.25) is 0 Å². The van der Waals surface area contributed by atoms with Gasteiger partial charge in [-0.3, -0.25) is 4.79 Å². The number of benzene rings is 4. The number of fused-ring (bicyclic) bond motifs is 2. The Hall–Kier alpha value is -3.10. The Balaban J connectivity index is 1.84. The molecule has 3 heteroatoms. The molecule has 1 atom stereocenters. The van der Waals surface area contributed by atoms with E-state index in [1.165, 1.54) is 5.39 Å². The summed E-state index contributed by atoms with van der Waals surface area (Å²) in [6, 6.07) is 30.1. The van der Waals surface area contributed by atoms with Gasteiger partial charge in [-0.25, -0.2) is 0 Å². The molecule has 1 heterocycles. The van der Waals surface area contributed by atoms with Gasteiger partial charge in [0.25, 0.3) is 5.91 Å². The van der Waals surface area contributed by atoms with E-state index in [1.807, 2.05) is 60.7 Å². The van der Waals surface area contributed by atoms with Crippen LogP contribution in [-0.2, 0) is 5.54 Å². The quantitative estimate of drug-likeness (QED) is 0.494. The van der Waals surface area contributed by atoms with Crippen LogP contribution in [0.4, 0.5) is 0 Å². The first-order valence-corrected chi connectivity index (χ1v) is 9.24. The summed E-state index contributed by atoms with van der Waals surface area (Å²) in [5.74, 6) is -0.0614. The van der Waals surface area contributed by atoms with Crippen LogP contribution in [-0.4, -0.2) is 5.91 Å². The molecule has 0 aliphatic carbocycles. The molecule has 5 rings (SSSR count). The minimum atomic E-state index is -0.734. The molecular formula is C24H16ClNO. The zero-order valence-electron chi connectivity index (χ0n) is 14.4. The molecule has 0 saturated carbocycles. The summed E-state index contributed by atoms with van der Waals surface area (Å²) in [7, 11) is 0. The second-order valence-electron chi connectivity index (χ2n) is 6.82. The summed E-state index contributed by atoms with van der Waals surface area (Å²) < 4.78 is 0. The van der Waals surface area contributed by atoms with Crippen LogP contribution >= 0.6 is 11.6 Å². The summed E-state index contributed by atoms with van der Waals surface area (Å²) in [4.78, 5) is 12.8. The number of halogens is 1. The minimum absolute atomic E-state index is 0.0614. The van der Waals surface area contributed by atoms with Crippen molar-refractivity contribution in [3.05, 3.63) is 118 Å². The maximum atomic E-state index is 12.8. The van der Waals surface area contributed by atoms with Crippen molar-refractivity contribution in [2.45, 2.75) is 5.54 Å². The molecule has 0 radical (unpaired) electrons. The third kappa shape index (κ3) is 2.37. The highest BCUT2D eigenvalue weighted by atomic mass is 35.5. The van der Waals surface area contributed by atoms with Gasteiger partial charge in [-0.15, -0.1) is 0 Å². The van der Waals surface area contributed by atoms with Crippen molar-refractivity contribution >= 4 is 28.3 Å². The number of carbonyl (C=O) groups excluding carboxylic acids is 1. The summed E-state index contributed by atoms with van der Waals surface area (Å²) in [5.41, 5.74) is 2.96. The predicted molar refractivity (Wildman–Crippen MR) is 109 cm³/mol. The lowest BCUT2D eigenvalue weighted by Crippen LogP contribution is -2.41. The van der Waals surface area contributed by atoms with Crippen LogP contribution in [0.5, 0.6) is 0 Å². The number of nitrogens with one attached hydrogen (secondary N) is 1. The largest absolute Gasteiger partial charge is 0.334 e. The Labute approximate surface area is 162 Å². The van der Waals surface area contributed by atoms with Crippen molar-refractivity contribution in [1.29, 1.82) is 0 Å². The maximum Gasteiger partial charge on any atom is 0.252 e. The third-order valence-corrected chi connectivity index (χ3v) is 5.59. The molecule has 0 saturated heterocycles. The summed E-state index contributed by atoms with van der Waals surface area (Å²) in [6.07, 6.45) is 0. The Kier molecular flexibility index (Phi) is 3.56. The van der Waals surface area contributed by atoms with E-state index in [0.717, 1.165) is 22.1 Å². The molecule has 0 spiro atoms. The van der Waals surface area contributed by atoms with Crippen LogP contribution in [0.1, 0.15) is 27.0 Å². The van der Waals surface area contributed by atoms with Gasteiger partial charge >= 0.3 is 0 Å². The average Bonchev–Trinajstić information content (AvgIpc) is 3.02. The third-order valence-electron chi connectivity index (χ3n) is 5.34. The molecular weight excluding hydrogens is 354 g/mol. The fourth-order valence-corrected chi connectivity index (χ4v) is 4.18. The lowest BCUT2D eigenvalue weighted by atomic mass is 9.77. The molecule has 4 aromatic carbocycles. The SMILES string of the molecule is O=C1N[C@](c2ccc(Cl)cc2)(c2ccc3ccccc3c2)c2ccccc21. The molecule has 0 aromatic heterocycles. The van der Waals surface area contributed by atoms with Crippen LogP contribution in [0.3, 0.4) is 0 Å². The first-order chi connectivity index (χ1) is 13.2. The maximum absolute atomic E-state index is 12.8. The summed E-state index contributed by atoms with van der Waals surface area (Å²) in [6.45, 7) is 0. The molecule has 27 heavy (non-hydrogen) atoms. The van der Waals surface area contributed by atoms with Gasteiger partial charge in [0.05, 0.1) is 0 Å². The van der Waals surface area contributed by atoms with Crippen LogP contribution in [0.2, 0.25) is 5.02 Å². The zero-order valence-corrected chi connectivity index (χ0v) is 15.2. The van der Waals surface area contributed by atoms with E-state index in [0.29, 0.717) is 10.6 Å². The first-order valence-electron chi connectivity index (χ1n) is 8.86. The van der Waals surface area contributed by atoms with Crippen molar-refractivity contribution < 1.29 is 4.79 Å². The van der Waals surface area contributed by atoms with Crippen LogP contribution in [0, 0.1) is 0 Å². The Morgan fingerprint density at radius 2 is 1.37 bits per heavy atom. The van der Waals surface area contributed by atoms with Crippen molar-refractivity contribution in [2.75, 3.05) is 0 Å². The van der Waals surface area contributed by atoms with Gasteiger partial charge in [0.15, 0.2) is 0 Å². The van der Waals surface area contributed by atoms with E-state index >= 15 is 0 Å². The Morgan fingerprint density at radius 1 is 0.704 bits per heavy atom. The van der Waals surface area contributed by atoms with Crippen LogP contribution in [0.15, 0.2) is 91.0 Å². The lowest BCUT2D eigenvalue weighted by Gasteiger charge is -2.32. The number of amides is 1. The van der Waals surface area contributed by atoms with Gasteiger partial charge in [0.1, 0.15) is 5.54 Å². The molecule has 0 fully saturated rings. The molecule has 2 nitrogen and oxygen atoms in total. The second kappa shape index (κ2) is 5.97. The fraction of sp³-hybridized carbons (Fsp3) is 0.0417. The van der Waals surface area contributed by atoms with Gasteiger partial charge in [-0.05, 0) is 51.7 Å². The van der Waals surface area contributed by atoms with Crippen molar-refractivity contribution in [1.82, 2.24) is 5.32 Å². The molecule has 130 valence electrons.